The number of ketones is 2. The fourth-order valence-corrected chi connectivity index (χ4v) is 31.1. The molecule has 56 heavy (non-hydrogen) atoms. The highest BCUT2D eigenvalue weighted by Crippen LogP contribution is 2.27. The fourth-order valence-electron chi connectivity index (χ4n) is 6.04. The average Bonchev–Trinajstić information content (AvgIpc) is 3.03. The van der Waals surface area contributed by atoms with Crippen LogP contribution in [0.4, 0.5) is 0 Å². The summed E-state index contributed by atoms with van der Waals surface area (Å²) < 4.78 is 47.9. The second-order valence-electron chi connectivity index (χ2n) is 18.0. The number of hydrogen-bond donors (Lipinski definition) is 0. The SMILES string of the molecule is C[Si](C)(C)O[Si](C)(CCCOc1ccc(C(=O)C(=O)OCCOC(=O)C(=O)c2ccc(OCCC[Si](C)(O[Si](C)(C)C)O[Si](C)(C)C)cc2)cc1)O[Si](C)(C)C. The van der Waals surface area contributed by atoms with Crippen molar-refractivity contribution in [1.82, 2.24) is 0 Å². The Labute approximate surface area is 341 Å². The van der Waals surface area contributed by atoms with Gasteiger partial charge in [-0.15, -0.1) is 0 Å². The van der Waals surface area contributed by atoms with Gasteiger partial charge in [0.1, 0.15) is 24.7 Å². The number of benzene rings is 2. The molecule has 18 heteroatoms. The first kappa shape index (κ1) is 49.6. The van der Waals surface area contributed by atoms with Crippen molar-refractivity contribution in [3.63, 3.8) is 0 Å². The van der Waals surface area contributed by atoms with Crippen LogP contribution >= 0.6 is 0 Å². The van der Waals surface area contributed by atoms with Gasteiger partial charge < -0.3 is 35.4 Å². The van der Waals surface area contributed by atoms with Crippen molar-refractivity contribution in [3.8, 4) is 11.5 Å². The number of esters is 2. The lowest BCUT2D eigenvalue weighted by Crippen LogP contribution is -2.52. The van der Waals surface area contributed by atoms with Gasteiger partial charge in [0.25, 0.3) is 11.6 Å². The Morgan fingerprint density at radius 1 is 0.411 bits per heavy atom. The molecule has 12 nitrogen and oxygen atoms in total. The number of rotatable bonds is 25. The van der Waals surface area contributed by atoms with Gasteiger partial charge in [0.05, 0.1) is 13.2 Å². The molecule has 0 aromatic heterocycles. The first-order chi connectivity index (χ1) is 25.6. The Hall–Kier alpha value is -2.54. The summed E-state index contributed by atoms with van der Waals surface area (Å²) in [6.07, 6.45) is 1.52. The first-order valence-corrected chi connectivity index (χ1v) is 38.0. The van der Waals surface area contributed by atoms with Gasteiger partial charge in [-0.3, -0.25) is 9.59 Å². The van der Waals surface area contributed by atoms with Crippen molar-refractivity contribution in [2.75, 3.05) is 26.4 Å². The van der Waals surface area contributed by atoms with E-state index in [-0.39, 0.29) is 11.1 Å². The summed E-state index contributed by atoms with van der Waals surface area (Å²) in [5.74, 6) is -2.80. The normalized spacial score (nSPS) is 12.9. The maximum absolute atomic E-state index is 12.6. The molecule has 314 valence electrons. The minimum Gasteiger partial charge on any atom is -0.494 e. The van der Waals surface area contributed by atoms with E-state index in [2.05, 4.69) is 91.7 Å². The molecule has 0 saturated carbocycles. The number of Topliss-reactive ketones (excluding diaryl/α,β-unsaturated/α-hetero) is 2. The third-order valence-electron chi connectivity index (χ3n) is 7.33. The van der Waals surface area contributed by atoms with E-state index in [1.54, 1.807) is 24.3 Å². The summed E-state index contributed by atoms with van der Waals surface area (Å²) in [6.45, 7) is 30.5. The molecule has 0 aliphatic carbocycles. The number of carbonyl (C=O) groups is 4. The molecular formula is C38H66O12Si6. The molecule has 2 rings (SSSR count). The maximum atomic E-state index is 12.6. The Kier molecular flexibility index (Phi) is 18.5. The van der Waals surface area contributed by atoms with E-state index in [1.807, 2.05) is 0 Å². The Morgan fingerprint density at radius 2 is 0.679 bits per heavy atom. The third-order valence-corrected chi connectivity index (χ3v) is 26.6. The van der Waals surface area contributed by atoms with Gasteiger partial charge in [0.15, 0.2) is 33.3 Å². The van der Waals surface area contributed by atoms with Crippen LogP contribution in [-0.4, -0.2) is 100 Å². The van der Waals surface area contributed by atoms with Gasteiger partial charge in [0.2, 0.25) is 0 Å². The van der Waals surface area contributed by atoms with E-state index >= 15 is 0 Å². The summed E-state index contributed by atoms with van der Waals surface area (Å²) in [5.41, 5.74) is 0.253. The molecular weight excluding hydrogens is 817 g/mol. The van der Waals surface area contributed by atoms with Crippen LogP contribution in [0.25, 0.3) is 0 Å². The van der Waals surface area contributed by atoms with Gasteiger partial charge >= 0.3 is 29.1 Å². The van der Waals surface area contributed by atoms with Crippen LogP contribution in [0.3, 0.4) is 0 Å². The number of carbonyl (C=O) groups excluding carboxylic acids is 4. The van der Waals surface area contributed by atoms with Crippen LogP contribution < -0.4 is 9.47 Å². The summed E-state index contributed by atoms with van der Waals surface area (Å²) in [5, 5.41) is 0. The van der Waals surface area contributed by atoms with Gasteiger partial charge in [0, 0.05) is 11.1 Å². The zero-order valence-electron chi connectivity index (χ0n) is 36.2. The zero-order chi connectivity index (χ0) is 42.6. The topological polar surface area (TPSA) is 142 Å². The van der Waals surface area contributed by atoms with Crippen molar-refractivity contribution in [3.05, 3.63) is 59.7 Å². The molecule has 0 N–H and O–H groups in total. The summed E-state index contributed by atoms with van der Waals surface area (Å²) >= 11 is 0. The summed E-state index contributed by atoms with van der Waals surface area (Å²) in [4.78, 5) is 50.0. The predicted molar refractivity (Wildman–Crippen MR) is 234 cm³/mol. The highest BCUT2D eigenvalue weighted by molar-refractivity contribution is 6.88. The third kappa shape index (κ3) is 20.2. The zero-order valence-corrected chi connectivity index (χ0v) is 42.2. The van der Waals surface area contributed by atoms with Gasteiger partial charge in [-0.2, -0.15) is 0 Å². The Morgan fingerprint density at radius 3 is 0.929 bits per heavy atom. The van der Waals surface area contributed by atoms with Crippen molar-refractivity contribution >= 4 is 73.9 Å². The molecule has 2 aromatic carbocycles. The standard InChI is InChI=1S/C38H66O12Si6/c1-51(2,3)47-55(13,48-52(4,5)6)29-15-25-43-33-21-17-31(18-22-33)35(39)37(41)45-27-28-46-38(42)36(40)32-19-23-34(24-20-32)44-26-16-30-56(14,49-53(7,8)9)50-54(10,11)12/h17-24H,15-16,25-30H2,1-14H3. The number of hydrogen-bond acceptors (Lipinski definition) is 12. The molecule has 0 aliphatic rings. The molecule has 2 aromatic rings. The van der Waals surface area contributed by atoms with E-state index in [0.29, 0.717) is 24.7 Å². The van der Waals surface area contributed by atoms with E-state index in [9.17, 15) is 19.2 Å². The van der Waals surface area contributed by atoms with E-state index in [4.69, 9.17) is 35.4 Å². The smallest absolute Gasteiger partial charge is 0.379 e. The van der Waals surface area contributed by atoms with Crippen molar-refractivity contribution in [1.29, 1.82) is 0 Å². The fraction of sp³-hybridized carbons (Fsp3) is 0.579. The van der Waals surface area contributed by atoms with Crippen molar-refractivity contribution in [2.24, 2.45) is 0 Å². The molecule has 0 bridgehead atoms. The van der Waals surface area contributed by atoms with Crippen LogP contribution in [0, 0.1) is 0 Å². The minimum atomic E-state index is -2.36. The highest BCUT2D eigenvalue weighted by atomic mass is 28.5. The first-order valence-electron chi connectivity index (χ1n) is 19.3. The molecule has 0 atom stereocenters. The average molecular weight is 883 g/mol. The van der Waals surface area contributed by atoms with Crippen LogP contribution in [0.1, 0.15) is 33.6 Å². The second-order valence-corrected chi connectivity index (χ2v) is 43.7. The molecule has 0 fully saturated rings. The molecule has 0 spiro atoms. The number of ether oxygens (including phenoxy) is 4. The van der Waals surface area contributed by atoms with Gasteiger partial charge in [-0.05, 0) is 165 Å². The highest BCUT2D eigenvalue weighted by Gasteiger charge is 2.41. The lowest BCUT2D eigenvalue weighted by molar-refractivity contribution is -0.146. The van der Waals surface area contributed by atoms with E-state index in [1.165, 1.54) is 24.3 Å². The Balaban J connectivity index is 1.76. The van der Waals surface area contributed by atoms with Crippen LogP contribution in [0.2, 0.25) is 104 Å². The van der Waals surface area contributed by atoms with Gasteiger partial charge in [-0.25, -0.2) is 9.59 Å². The molecule has 0 unspecified atom stereocenters. The molecule has 0 radical (unpaired) electrons. The van der Waals surface area contributed by atoms with Crippen LogP contribution in [0.5, 0.6) is 11.5 Å². The maximum Gasteiger partial charge on any atom is 0.379 e. The second kappa shape index (κ2) is 20.9. The molecule has 0 heterocycles. The predicted octanol–water partition coefficient (Wildman–Crippen LogP) is 8.93. The molecule has 0 aliphatic heterocycles. The monoisotopic (exact) mass is 882 g/mol. The van der Waals surface area contributed by atoms with Crippen LogP contribution in [0.15, 0.2) is 48.5 Å². The summed E-state index contributed by atoms with van der Waals surface area (Å²) in [6, 6.07) is 14.0. The largest absolute Gasteiger partial charge is 0.494 e. The lowest BCUT2D eigenvalue weighted by Gasteiger charge is -2.38. The van der Waals surface area contributed by atoms with E-state index in [0.717, 1.165) is 24.9 Å². The van der Waals surface area contributed by atoms with Gasteiger partial charge in [-0.1, -0.05) is 0 Å². The lowest BCUT2D eigenvalue weighted by atomic mass is 10.1. The van der Waals surface area contributed by atoms with Crippen molar-refractivity contribution < 1.29 is 54.6 Å². The minimum absolute atomic E-state index is 0.126. The molecule has 0 saturated heterocycles. The van der Waals surface area contributed by atoms with Crippen LogP contribution in [-0.2, 0) is 35.5 Å². The quantitative estimate of drug-likeness (QED) is 0.0309. The van der Waals surface area contributed by atoms with Crippen molar-refractivity contribution in [2.45, 2.75) is 117 Å². The molecule has 0 amide bonds. The summed E-state index contributed by atoms with van der Waals surface area (Å²) in [7, 11) is -11.9. The van der Waals surface area contributed by atoms with E-state index < -0.39 is 87.1 Å². The Bertz CT molecular complexity index is 1440.